The molecule has 1 aromatic carbocycles. The standard InChI is InChI=1S/C17H22BrF3N2O/c18-15-4-2-1-3-14(15)5-6-16(24)22-11-13-7-9-23(10-8-13)12-17(19,20)21/h1-4,13H,5-12H2,(H,22,24). The quantitative estimate of drug-likeness (QED) is 0.779. The lowest BCUT2D eigenvalue weighted by Crippen LogP contribution is -2.42. The van der Waals surface area contributed by atoms with E-state index in [1.165, 1.54) is 4.90 Å². The third kappa shape index (κ3) is 6.81. The van der Waals surface area contributed by atoms with E-state index in [4.69, 9.17) is 0 Å². The first-order valence-corrected chi connectivity index (χ1v) is 8.92. The number of alkyl halides is 3. The summed E-state index contributed by atoms with van der Waals surface area (Å²) in [6, 6.07) is 7.79. The van der Waals surface area contributed by atoms with E-state index in [0.717, 1.165) is 10.0 Å². The topological polar surface area (TPSA) is 32.3 Å². The van der Waals surface area contributed by atoms with Gasteiger partial charge in [0.15, 0.2) is 0 Å². The van der Waals surface area contributed by atoms with Crippen LogP contribution in [0.25, 0.3) is 0 Å². The molecule has 1 saturated heterocycles. The fourth-order valence-corrected chi connectivity index (χ4v) is 3.38. The van der Waals surface area contributed by atoms with Gasteiger partial charge in [0.2, 0.25) is 5.91 Å². The number of aryl methyl sites for hydroxylation is 1. The monoisotopic (exact) mass is 406 g/mol. The molecule has 0 aliphatic carbocycles. The van der Waals surface area contributed by atoms with Crippen LogP contribution in [-0.4, -0.2) is 43.2 Å². The fourth-order valence-electron chi connectivity index (χ4n) is 2.90. The van der Waals surface area contributed by atoms with Gasteiger partial charge in [0, 0.05) is 17.4 Å². The minimum absolute atomic E-state index is 0.0107. The molecule has 1 aromatic rings. The van der Waals surface area contributed by atoms with Crippen LogP contribution >= 0.6 is 15.9 Å². The highest BCUT2D eigenvalue weighted by atomic mass is 79.9. The Kier molecular flexibility index (Phi) is 7.10. The summed E-state index contributed by atoms with van der Waals surface area (Å²) >= 11 is 3.46. The normalized spacial score (nSPS) is 17.0. The van der Waals surface area contributed by atoms with Crippen molar-refractivity contribution in [2.75, 3.05) is 26.2 Å². The summed E-state index contributed by atoms with van der Waals surface area (Å²) in [5.74, 6) is 0.255. The van der Waals surface area contributed by atoms with Gasteiger partial charge < -0.3 is 5.32 Å². The molecule has 134 valence electrons. The first-order chi connectivity index (χ1) is 11.3. The maximum Gasteiger partial charge on any atom is 0.401 e. The number of nitrogens with one attached hydrogen (secondary N) is 1. The van der Waals surface area contributed by atoms with Gasteiger partial charge in [-0.3, -0.25) is 9.69 Å². The first-order valence-electron chi connectivity index (χ1n) is 8.13. The van der Waals surface area contributed by atoms with E-state index >= 15 is 0 Å². The maximum absolute atomic E-state index is 12.3. The fraction of sp³-hybridized carbons (Fsp3) is 0.588. The Morgan fingerprint density at radius 3 is 2.54 bits per heavy atom. The molecule has 1 fully saturated rings. The SMILES string of the molecule is O=C(CCc1ccccc1Br)NCC1CCN(CC(F)(F)F)CC1. The summed E-state index contributed by atoms with van der Waals surface area (Å²) in [6.45, 7) is 0.598. The second-order valence-electron chi connectivity index (χ2n) is 6.23. The van der Waals surface area contributed by atoms with Crippen LogP contribution in [-0.2, 0) is 11.2 Å². The molecule has 1 heterocycles. The van der Waals surface area contributed by atoms with Crippen LogP contribution in [0, 0.1) is 5.92 Å². The van der Waals surface area contributed by atoms with Gasteiger partial charge in [-0.05, 0) is 49.9 Å². The van der Waals surface area contributed by atoms with Crippen LogP contribution in [0.1, 0.15) is 24.8 Å². The lowest BCUT2D eigenvalue weighted by molar-refractivity contribution is -0.148. The van der Waals surface area contributed by atoms with Crippen molar-refractivity contribution < 1.29 is 18.0 Å². The summed E-state index contributed by atoms with van der Waals surface area (Å²) in [5.41, 5.74) is 1.09. The van der Waals surface area contributed by atoms with E-state index in [-0.39, 0.29) is 11.8 Å². The number of carbonyl (C=O) groups excluding carboxylic acids is 1. The lowest BCUT2D eigenvalue weighted by atomic mass is 9.96. The van der Waals surface area contributed by atoms with Gasteiger partial charge in [0.25, 0.3) is 0 Å². The van der Waals surface area contributed by atoms with Crippen LogP contribution in [0.4, 0.5) is 13.2 Å². The van der Waals surface area contributed by atoms with E-state index in [0.29, 0.717) is 45.3 Å². The zero-order chi connectivity index (χ0) is 17.6. The molecule has 24 heavy (non-hydrogen) atoms. The summed E-state index contributed by atoms with van der Waals surface area (Å²) in [5, 5.41) is 2.91. The third-order valence-electron chi connectivity index (χ3n) is 4.28. The number of nitrogens with zero attached hydrogens (tertiary/aromatic N) is 1. The Bertz CT molecular complexity index is 543. The second kappa shape index (κ2) is 8.85. The number of carbonyl (C=O) groups is 1. The van der Waals surface area contributed by atoms with Crippen LogP contribution in [0.5, 0.6) is 0 Å². The highest BCUT2D eigenvalue weighted by Gasteiger charge is 2.32. The molecule has 0 atom stereocenters. The average molecular weight is 407 g/mol. The molecule has 1 aliphatic rings. The number of hydrogen-bond donors (Lipinski definition) is 1. The van der Waals surface area contributed by atoms with Gasteiger partial charge in [-0.15, -0.1) is 0 Å². The van der Waals surface area contributed by atoms with Gasteiger partial charge in [0.1, 0.15) is 0 Å². The number of halogens is 4. The van der Waals surface area contributed by atoms with Crippen LogP contribution in [0.15, 0.2) is 28.7 Å². The number of hydrogen-bond acceptors (Lipinski definition) is 2. The van der Waals surface area contributed by atoms with Crippen molar-refractivity contribution in [1.82, 2.24) is 10.2 Å². The maximum atomic E-state index is 12.3. The molecule has 0 radical (unpaired) electrons. The predicted molar refractivity (Wildman–Crippen MR) is 90.7 cm³/mol. The van der Waals surface area contributed by atoms with Crippen molar-refractivity contribution in [3.63, 3.8) is 0 Å². The van der Waals surface area contributed by atoms with Gasteiger partial charge in [0.05, 0.1) is 6.54 Å². The van der Waals surface area contributed by atoms with E-state index in [1.54, 1.807) is 0 Å². The van der Waals surface area contributed by atoms with Gasteiger partial charge in [-0.25, -0.2) is 0 Å². The molecule has 1 N–H and O–H groups in total. The predicted octanol–water partition coefficient (Wildman–Crippen LogP) is 3.77. The number of likely N-dealkylation sites (tertiary alicyclic amines) is 1. The Morgan fingerprint density at radius 2 is 1.92 bits per heavy atom. The number of amides is 1. The minimum Gasteiger partial charge on any atom is -0.356 e. The average Bonchev–Trinajstić information content (AvgIpc) is 2.52. The Balaban J connectivity index is 1.64. The van der Waals surface area contributed by atoms with Crippen LogP contribution < -0.4 is 5.32 Å². The second-order valence-corrected chi connectivity index (χ2v) is 7.08. The van der Waals surface area contributed by atoms with Crippen molar-refractivity contribution in [3.8, 4) is 0 Å². The molecule has 0 bridgehead atoms. The summed E-state index contributed by atoms with van der Waals surface area (Å²) in [4.78, 5) is 13.4. The van der Waals surface area contributed by atoms with Crippen molar-refractivity contribution in [2.24, 2.45) is 5.92 Å². The van der Waals surface area contributed by atoms with Crippen LogP contribution in [0.3, 0.4) is 0 Å². The number of rotatable bonds is 6. The molecule has 1 amide bonds. The zero-order valence-corrected chi connectivity index (χ0v) is 15.0. The molecule has 2 rings (SSSR count). The van der Waals surface area contributed by atoms with Gasteiger partial charge in [-0.2, -0.15) is 13.2 Å². The molecular weight excluding hydrogens is 385 g/mol. The van der Waals surface area contributed by atoms with E-state index < -0.39 is 12.7 Å². The Labute approximate surface area is 148 Å². The summed E-state index contributed by atoms with van der Waals surface area (Å²) in [6.07, 6.45) is -1.67. The zero-order valence-electron chi connectivity index (χ0n) is 13.4. The first kappa shape index (κ1) is 19.2. The third-order valence-corrected chi connectivity index (χ3v) is 5.05. The van der Waals surface area contributed by atoms with Gasteiger partial charge in [-0.1, -0.05) is 34.1 Å². The Hall–Kier alpha value is -1.08. The highest BCUT2D eigenvalue weighted by Crippen LogP contribution is 2.22. The highest BCUT2D eigenvalue weighted by molar-refractivity contribution is 9.10. The molecular formula is C17H22BrF3N2O. The molecule has 0 unspecified atom stereocenters. The van der Waals surface area contributed by atoms with Crippen molar-refractivity contribution in [1.29, 1.82) is 0 Å². The summed E-state index contributed by atoms with van der Waals surface area (Å²) in [7, 11) is 0. The van der Waals surface area contributed by atoms with Crippen molar-refractivity contribution in [2.45, 2.75) is 31.9 Å². The van der Waals surface area contributed by atoms with Crippen molar-refractivity contribution in [3.05, 3.63) is 34.3 Å². The molecule has 7 heteroatoms. The van der Waals surface area contributed by atoms with E-state index in [1.807, 2.05) is 24.3 Å². The summed E-state index contributed by atoms with van der Waals surface area (Å²) < 4.78 is 38.0. The van der Waals surface area contributed by atoms with Crippen molar-refractivity contribution >= 4 is 21.8 Å². The molecule has 0 aromatic heterocycles. The minimum atomic E-state index is -4.13. The molecule has 1 aliphatic heterocycles. The van der Waals surface area contributed by atoms with Gasteiger partial charge >= 0.3 is 6.18 Å². The number of piperidine rings is 1. The van der Waals surface area contributed by atoms with E-state index in [2.05, 4.69) is 21.2 Å². The smallest absolute Gasteiger partial charge is 0.356 e. The molecule has 3 nitrogen and oxygen atoms in total. The number of benzene rings is 1. The molecule has 0 saturated carbocycles. The lowest BCUT2D eigenvalue weighted by Gasteiger charge is -2.32. The largest absolute Gasteiger partial charge is 0.401 e. The Morgan fingerprint density at radius 1 is 1.25 bits per heavy atom. The van der Waals surface area contributed by atoms with Crippen LogP contribution in [0.2, 0.25) is 0 Å². The van der Waals surface area contributed by atoms with E-state index in [9.17, 15) is 18.0 Å². The molecule has 0 spiro atoms.